The summed E-state index contributed by atoms with van der Waals surface area (Å²) in [7, 11) is 0. The van der Waals surface area contributed by atoms with Crippen molar-refractivity contribution in [2.45, 2.75) is 45.6 Å². The number of nitrogens with zero attached hydrogens (tertiary/aromatic N) is 4. The highest BCUT2D eigenvalue weighted by Gasteiger charge is 2.24. The molecule has 0 unspecified atom stereocenters. The van der Waals surface area contributed by atoms with Crippen LogP contribution in [0.1, 0.15) is 43.0 Å². The van der Waals surface area contributed by atoms with Gasteiger partial charge in [-0.1, -0.05) is 19.4 Å². The fourth-order valence-corrected chi connectivity index (χ4v) is 4.13. The Morgan fingerprint density at radius 3 is 2.93 bits per heavy atom. The van der Waals surface area contributed by atoms with Crippen molar-refractivity contribution in [1.29, 1.82) is 5.26 Å². The number of thioether (sulfide) groups is 1. The summed E-state index contributed by atoms with van der Waals surface area (Å²) in [5, 5.41) is 16.3. The zero-order valence-electron chi connectivity index (χ0n) is 18.2. The van der Waals surface area contributed by atoms with Gasteiger partial charge in [-0.15, -0.1) is 0 Å². The zero-order chi connectivity index (χ0) is 21.3. The van der Waals surface area contributed by atoms with Crippen molar-refractivity contribution >= 4 is 29.2 Å². The van der Waals surface area contributed by atoms with Crippen molar-refractivity contribution < 1.29 is 0 Å². The number of nitriles is 1. The van der Waals surface area contributed by atoms with Crippen molar-refractivity contribution in [2.24, 2.45) is 0 Å². The van der Waals surface area contributed by atoms with E-state index in [0.29, 0.717) is 17.6 Å². The Bertz CT molecular complexity index is 878. The lowest BCUT2D eigenvalue weighted by Crippen LogP contribution is -2.33. The topological polar surface area (TPSA) is 76.9 Å². The Balaban J connectivity index is 1.73. The lowest BCUT2D eigenvalue weighted by Gasteiger charge is -2.20. The van der Waals surface area contributed by atoms with Gasteiger partial charge in [0.25, 0.3) is 0 Å². The number of aryl methyl sites for hydroxylation is 2. The molecule has 1 aliphatic heterocycles. The number of hydrogen-bond acceptors (Lipinski definition) is 7. The van der Waals surface area contributed by atoms with Gasteiger partial charge < -0.3 is 15.5 Å². The van der Waals surface area contributed by atoms with Crippen LogP contribution in [0.15, 0.2) is 24.3 Å². The zero-order valence-corrected chi connectivity index (χ0v) is 19.1. The van der Waals surface area contributed by atoms with E-state index in [0.717, 1.165) is 61.7 Å². The molecule has 1 atom stereocenters. The van der Waals surface area contributed by atoms with E-state index < -0.39 is 0 Å². The molecule has 0 aliphatic carbocycles. The van der Waals surface area contributed by atoms with Gasteiger partial charge in [0.1, 0.15) is 5.82 Å². The molecule has 1 aromatic heterocycles. The van der Waals surface area contributed by atoms with Gasteiger partial charge in [-0.25, -0.2) is 4.98 Å². The summed E-state index contributed by atoms with van der Waals surface area (Å²) in [6.45, 7) is 7.16. The Morgan fingerprint density at radius 1 is 1.30 bits per heavy atom. The van der Waals surface area contributed by atoms with Crippen LogP contribution in [0.5, 0.6) is 0 Å². The lowest BCUT2D eigenvalue weighted by molar-refractivity contribution is 0.550. The number of anilines is 3. The van der Waals surface area contributed by atoms with Gasteiger partial charge in [0, 0.05) is 36.6 Å². The van der Waals surface area contributed by atoms with Crippen molar-refractivity contribution in [3.63, 3.8) is 0 Å². The number of nitrogens with one attached hydrogen (secondary N) is 2. The second-order valence-corrected chi connectivity index (χ2v) is 8.78. The van der Waals surface area contributed by atoms with Crippen LogP contribution in [-0.4, -0.2) is 47.7 Å². The third kappa shape index (κ3) is 6.10. The number of benzene rings is 1. The van der Waals surface area contributed by atoms with Crippen LogP contribution in [0.2, 0.25) is 0 Å². The van der Waals surface area contributed by atoms with E-state index in [1.54, 1.807) is 0 Å². The van der Waals surface area contributed by atoms with Crippen molar-refractivity contribution in [2.75, 3.05) is 41.9 Å². The van der Waals surface area contributed by atoms with Crippen molar-refractivity contribution in [3.8, 4) is 6.07 Å². The van der Waals surface area contributed by atoms with Crippen LogP contribution in [-0.2, 0) is 6.42 Å². The Labute approximate surface area is 184 Å². The first-order chi connectivity index (χ1) is 14.6. The molecule has 0 amide bonds. The molecule has 30 heavy (non-hydrogen) atoms. The van der Waals surface area contributed by atoms with Gasteiger partial charge in [-0.3, -0.25) is 0 Å². The minimum atomic E-state index is 0.517. The third-order valence-corrected chi connectivity index (χ3v) is 6.05. The molecular formula is C23H32N6S. The highest BCUT2D eigenvalue weighted by Crippen LogP contribution is 2.24. The summed E-state index contributed by atoms with van der Waals surface area (Å²) in [6, 6.07) is 10.7. The maximum atomic E-state index is 9.30. The summed E-state index contributed by atoms with van der Waals surface area (Å²) in [5.41, 5.74) is 3.53. The molecule has 2 aromatic rings. The summed E-state index contributed by atoms with van der Waals surface area (Å²) in [4.78, 5) is 11.9. The van der Waals surface area contributed by atoms with E-state index in [-0.39, 0.29) is 0 Å². The first kappa shape index (κ1) is 22.4. The van der Waals surface area contributed by atoms with Gasteiger partial charge >= 0.3 is 0 Å². The number of rotatable bonds is 10. The van der Waals surface area contributed by atoms with Crippen molar-refractivity contribution in [3.05, 3.63) is 41.1 Å². The van der Waals surface area contributed by atoms with Crippen LogP contribution in [0, 0.1) is 18.3 Å². The SMILES string of the molecule is CCCc1cc(N2CC[C@H](NCCCSC)C2)nc(Nc2ccc(C)c(C#N)c2)n1. The molecule has 6 nitrogen and oxygen atoms in total. The molecule has 2 N–H and O–H groups in total. The summed E-state index contributed by atoms with van der Waals surface area (Å²) in [6.07, 6.45) is 6.47. The predicted molar refractivity (Wildman–Crippen MR) is 127 cm³/mol. The van der Waals surface area contributed by atoms with Gasteiger partial charge in [-0.2, -0.15) is 22.0 Å². The smallest absolute Gasteiger partial charge is 0.229 e. The maximum absolute atomic E-state index is 9.30. The van der Waals surface area contributed by atoms with Gasteiger partial charge in [-0.05, 0) is 62.4 Å². The molecule has 1 saturated heterocycles. The average Bonchev–Trinajstić information content (AvgIpc) is 3.22. The molecular weight excluding hydrogens is 392 g/mol. The monoisotopic (exact) mass is 424 g/mol. The normalized spacial score (nSPS) is 15.9. The molecule has 7 heteroatoms. The number of hydrogen-bond donors (Lipinski definition) is 2. The van der Waals surface area contributed by atoms with E-state index >= 15 is 0 Å². The van der Waals surface area contributed by atoms with E-state index in [9.17, 15) is 5.26 Å². The summed E-state index contributed by atoms with van der Waals surface area (Å²) in [5.74, 6) is 2.79. The third-order valence-electron chi connectivity index (χ3n) is 5.36. The Hall–Kier alpha value is -2.30. The molecule has 1 aromatic carbocycles. The van der Waals surface area contributed by atoms with Crippen LogP contribution < -0.4 is 15.5 Å². The standard InChI is InChI=1S/C23H32N6S/c1-4-6-19-14-22(29-11-9-21(16-29)25-10-5-12-30-3)28-23(26-19)27-20-8-7-17(2)18(13-20)15-24/h7-8,13-14,21,25H,4-6,9-12,16H2,1-3H3,(H,26,27,28)/t21-/m0/s1. The molecule has 1 aliphatic rings. The highest BCUT2D eigenvalue weighted by atomic mass is 32.2. The minimum Gasteiger partial charge on any atom is -0.355 e. The Morgan fingerprint density at radius 2 is 2.17 bits per heavy atom. The largest absolute Gasteiger partial charge is 0.355 e. The minimum absolute atomic E-state index is 0.517. The van der Waals surface area contributed by atoms with Crippen LogP contribution in [0.4, 0.5) is 17.5 Å². The van der Waals surface area contributed by atoms with Crippen molar-refractivity contribution in [1.82, 2.24) is 15.3 Å². The van der Waals surface area contributed by atoms with Gasteiger partial charge in [0.05, 0.1) is 11.6 Å². The molecule has 1 fully saturated rings. The van der Waals surface area contributed by atoms with Crippen LogP contribution >= 0.6 is 11.8 Å². The second kappa shape index (κ2) is 11.2. The number of aromatic nitrogens is 2. The van der Waals surface area contributed by atoms with E-state index in [2.05, 4.69) is 40.8 Å². The van der Waals surface area contributed by atoms with E-state index in [1.165, 1.54) is 12.2 Å². The fourth-order valence-electron chi connectivity index (χ4n) is 3.69. The lowest BCUT2D eigenvalue weighted by atomic mass is 10.1. The molecule has 160 valence electrons. The fraction of sp³-hybridized carbons (Fsp3) is 0.522. The summed E-state index contributed by atoms with van der Waals surface area (Å²) >= 11 is 1.90. The predicted octanol–water partition coefficient (Wildman–Crippen LogP) is 4.27. The highest BCUT2D eigenvalue weighted by molar-refractivity contribution is 7.98. The van der Waals surface area contributed by atoms with Gasteiger partial charge in [0.15, 0.2) is 0 Å². The van der Waals surface area contributed by atoms with Gasteiger partial charge in [0.2, 0.25) is 5.95 Å². The molecule has 0 bridgehead atoms. The molecule has 2 heterocycles. The molecule has 3 rings (SSSR count). The van der Waals surface area contributed by atoms with E-state index in [4.69, 9.17) is 9.97 Å². The molecule has 0 saturated carbocycles. The second-order valence-electron chi connectivity index (χ2n) is 7.79. The van der Waals surface area contributed by atoms with Crippen LogP contribution in [0.3, 0.4) is 0 Å². The first-order valence-electron chi connectivity index (χ1n) is 10.8. The Kier molecular flexibility index (Phi) is 8.35. The first-order valence-corrected chi connectivity index (χ1v) is 12.1. The van der Waals surface area contributed by atoms with E-state index in [1.807, 2.05) is 36.9 Å². The summed E-state index contributed by atoms with van der Waals surface area (Å²) < 4.78 is 0. The maximum Gasteiger partial charge on any atom is 0.229 e. The van der Waals surface area contributed by atoms with Crippen LogP contribution in [0.25, 0.3) is 0 Å². The molecule has 0 radical (unpaired) electrons. The quantitative estimate of drug-likeness (QED) is 0.551. The molecule has 0 spiro atoms. The average molecular weight is 425 g/mol.